The van der Waals surface area contributed by atoms with E-state index in [9.17, 15) is 28.2 Å². The third-order valence-electron chi connectivity index (χ3n) is 3.50. The Labute approximate surface area is 118 Å². The predicted octanol–water partition coefficient (Wildman–Crippen LogP) is 0.833. The van der Waals surface area contributed by atoms with Crippen LogP contribution < -0.4 is 5.73 Å². The van der Waals surface area contributed by atoms with Crippen LogP contribution in [0.5, 0.6) is 5.75 Å². The molecule has 0 saturated carbocycles. The molecule has 1 heterocycles. The van der Waals surface area contributed by atoms with Crippen LogP contribution in [0.2, 0.25) is 0 Å². The van der Waals surface area contributed by atoms with Gasteiger partial charge in [-0.1, -0.05) is 0 Å². The van der Waals surface area contributed by atoms with E-state index in [4.69, 9.17) is 5.73 Å². The first kappa shape index (κ1) is 15.6. The second kappa shape index (κ2) is 5.19. The number of halogens is 3. The number of benzene rings is 1. The summed E-state index contributed by atoms with van der Waals surface area (Å²) in [4.78, 5) is 12.7. The summed E-state index contributed by atoms with van der Waals surface area (Å²) >= 11 is 0. The van der Waals surface area contributed by atoms with Gasteiger partial charge in [0.25, 0.3) is 5.91 Å². The molecule has 8 heteroatoms. The zero-order valence-electron chi connectivity index (χ0n) is 11.0. The Balaban J connectivity index is 2.15. The molecule has 116 valence electrons. The van der Waals surface area contributed by atoms with E-state index in [-0.39, 0.29) is 25.1 Å². The molecule has 1 unspecified atom stereocenters. The van der Waals surface area contributed by atoms with Gasteiger partial charge < -0.3 is 15.9 Å². The predicted molar refractivity (Wildman–Crippen MR) is 67.1 cm³/mol. The van der Waals surface area contributed by atoms with Crippen LogP contribution in [0, 0.1) is 0 Å². The van der Waals surface area contributed by atoms with Crippen molar-refractivity contribution in [2.45, 2.75) is 24.7 Å². The van der Waals surface area contributed by atoms with E-state index < -0.39 is 29.0 Å². The molecule has 0 radical (unpaired) electrons. The van der Waals surface area contributed by atoms with E-state index >= 15 is 0 Å². The lowest BCUT2D eigenvalue weighted by atomic mass is 10.0. The fourth-order valence-corrected chi connectivity index (χ4v) is 2.39. The summed E-state index contributed by atoms with van der Waals surface area (Å²) in [5, 5.41) is 19.3. The number of amides is 1. The summed E-state index contributed by atoms with van der Waals surface area (Å²) in [6, 6.07) is 2.80. The van der Waals surface area contributed by atoms with Crippen LogP contribution in [0.3, 0.4) is 0 Å². The Bertz CT molecular complexity index is 562. The molecule has 1 aromatic carbocycles. The average Bonchev–Trinajstić information content (AvgIpc) is 2.70. The van der Waals surface area contributed by atoms with Gasteiger partial charge in [0, 0.05) is 19.6 Å². The molecule has 1 atom stereocenters. The quantitative estimate of drug-likeness (QED) is 0.772. The third kappa shape index (κ3) is 3.45. The molecule has 1 amide bonds. The van der Waals surface area contributed by atoms with Gasteiger partial charge in [-0.2, -0.15) is 13.2 Å². The van der Waals surface area contributed by atoms with Gasteiger partial charge >= 0.3 is 6.18 Å². The number of hydrogen-bond acceptors (Lipinski definition) is 4. The summed E-state index contributed by atoms with van der Waals surface area (Å²) in [6.45, 7) is 0.364. The second-order valence-corrected chi connectivity index (χ2v) is 5.24. The Morgan fingerprint density at radius 2 is 2.05 bits per heavy atom. The number of rotatable bonds is 3. The van der Waals surface area contributed by atoms with Crippen LogP contribution in [0.25, 0.3) is 0 Å². The van der Waals surface area contributed by atoms with Crippen LogP contribution in [0.1, 0.15) is 17.5 Å². The van der Waals surface area contributed by atoms with Crippen LogP contribution in [-0.2, 0) is 17.5 Å². The van der Waals surface area contributed by atoms with Crippen molar-refractivity contribution < 1.29 is 28.2 Å². The Morgan fingerprint density at radius 1 is 1.38 bits per heavy atom. The fraction of sp³-hybridized carbons (Fsp3) is 0.462. The number of likely N-dealkylation sites (tertiary alicyclic amines) is 1. The summed E-state index contributed by atoms with van der Waals surface area (Å²) < 4.78 is 38.0. The number of carbonyl (C=O) groups is 1. The minimum Gasteiger partial charge on any atom is -0.508 e. The number of phenols is 1. The van der Waals surface area contributed by atoms with Crippen LogP contribution in [-0.4, -0.2) is 39.7 Å². The lowest BCUT2D eigenvalue weighted by Crippen LogP contribution is -2.45. The summed E-state index contributed by atoms with van der Waals surface area (Å²) in [5.41, 5.74) is 2.74. The maximum Gasteiger partial charge on any atom is 0.416 e. The van der Waals surface area contributed by atoms with Gasteiger partial charge in [0.2, 0.25) is 0 Å². The first-order valence-electron chi connectivity index (χ1n) is 6.25. The third-order valence-corrected chi connectivity index (χ3v) is 3.50. The molecule has 1 fully saturated rings. The maximum absolute atomic E-state index is 12.7. The van der Waals surface area contributed by atoms with E-state index in [1.807, 2.05) is 0 Å². The monoisotopic (exact) mass is 304 g/mol. The van der Waals surface area contributed by atoms with Crippen molar-refractivity contribution >= 4 is 5.91 Å². The molecule has 5 nitrogen and oxygen atoms in total. The van der Waals surface area contributed by atoms with E-state index in [0.717, 1.165) is 6.07 Å². The normalized spacial score (nSPS) is 23.4. The number of alkyl halides is 3. The zero-order chi connectivity index (χ0) is 15.8. The average molecular weight is 304 g/mol. The van der Waals surface area contributed by atoms with Gasteiger partial charge in [0.15, 0.2) is 5.60 Å². The SMILES string of the molecule is NC(=O)C1(O)CCN(Cc2cc(O)cc(C(F)(F)F)c2)C1. The minimum atomic E-state index is -4.55. The number of hydrogen-bond donors (Lipinski definition) is 3. The smallest absolute Gasteiger partial charge is 0.416 e. The minimum absolute atomic E-state index is 0.0423. The highest BCUT2D eigenvalue weighted by Crippen LogP contribution is 2.33. The van der Waals surface area contributed by atoms with Crippen molar-refractivity contribution in [2.75, 3.05) is 13.1 Å². The molecule has 4 N–H and O–H groups in total. The van der Waals surface area contributed by atoms with Gasteiger partial charge in [-0.3, -0.25) is 9.69 Å². The van der Waals surface area contributed by atoms with Gasteiger partial charge in [-0.25, -0.2) is 0 Å². The molecule has 21 heavy (non-hydrogen) atoms. The Hall–Kier alpha value is -1.80. The number of carbonyl (C=O) groups excluding carboxylic acids is 1. The van der Waals surface area contributed by atoms with E-state index in [2.05, 4.69) is 0 Å². The topological polar surface area (TPSA) is 86.8 Å². The van der Waals surface area contributed by atoms with Gasteiger partial charge in [0.05, 0.1) is 5.56 Å². The van der Waals surface area contributed by atoms with Crippen LogP contribution in [0.15, 0.2) is 18.2 Å². The van der Waals surface area contributed by atoms with E-state index in [1.54, 1.807) is 4.90 Å². The molecule has 0 aromatic heterocycles. The van der Waals surface area contributed by atoms with Crippen molar-refractivity contribution in [1.29, 1.82) is 0 Å². The molecule has 1 aromatic rings. The van der Waals surface area contributed by atoms with Crippen molar-refractivity contribution in [2.24, 2.45) is 5.73 Å². The molecule has 1 aliphatic heterocycles. The molecule has 0 aliphatic carbocycles. The van der Waals surface area contributed by atoms with Gasteiger partial charge in [-0.15, -0.1) is 0 Å². The standard InChI is InChI=1S/C13H15F3N2O3/c14-13(15,16)9-3-8(4-10(19)5-9)6-18-2-1-12(21,7-18)11(17)20/h3-5,19,21H,1-2,6-7H2,(H2,17,20). The van der Waals surface area contributed by atoms with Crippen molar-refractivity contribution in [3.8, 4) is 5.75 Å². The van der Waals surface area contributed by atoms with Crippen LogP contribution in [0.4, 0.5) is 13.2 Å². The highest BCUT2D eigenvalue weighted by Gasteiger charge is 2.41. The maximum atomic E-state index is 12.7. The fourth-order valence-electron chi connectivity index (χ4n) is 2.39. The summed E-state index contributed by atoms with van der Waals surface area (Å²) in [6.07, 6.45) is -4.42. The van der Waals surface area contributed by atoms with Crippen molar-refractivity contribution in [3.05, 3.63) is 29.3 Å². The number of nitrogens with zero attached hydrogens (tertiary/aromatic N) is 1. The highest BCUT2D eigenvalue weighted by atomic mass is 19.4. The lowest BCUT2D eigenvalue weighted by molar-refractivity contribution is -0.137. The largest absolute Gasteiger partial charge is 0.508 e. The Morgan fingerprint density at radius 3 is 2.57 bits per heavy atom. The number of β-amino-alcohol motifs (C(OH)–C–C–N with tert-alkyl or cyclic N) is 1. The molecule has 1 saturated heterocycles. The lowest BCUT2D eigenvalue weighted by Gasteiger charge is -2.20. The number of aliphatic hydroxyl groups is 1. The molecule has 0 bridgehead atoms. The van der Waals surface area contributed by atoms with Gasteiger partial charge in [0.1, 0.15) is 5.75 Å². The van der Waals surface area contributed by atoms with Crippen molar-refractivity contribution in [1.82, 2.24) is 4.90 Å². The van der Waals surface area contributed by atoms with Crippen molar-refractivity contribution in [3.63, 3.8) is 0 Å². The number of aromatic hydroxyl groups is 1. The molecule has 2 rings (SSSR count). The molecular weight excluding hydrogens is 289 g/mol. The summed E-state index contributed by atoms with van der Waals surface area (Å²) in [7, 11) is 0. The zero-order valence-corrected chi connectivity index (χ0v) is 11.0. The molecule has 0 spiro atoms. The highest BCUT2D eigenvalue weighted by molar-refractivity contribution is 5.83. The van der Waals surface area contributed by atoms with Gasteiger partial charge in [-0.05, 0) is 30.2 Å². The number of primary amides is 1. The molecular formula is C13H15F3N2O3. The second-order valence-electron chi connectivity index (χ2n) is 5.24. The van der Waals surface area contributed by atoms with Crippen LogP contribution >= 0.6 is 0 Å². The Kier molecular flexibility index (Phi) is 3.85. The number of phenolic OH excluding ortho intramolecular Hbond substituents is 1. The first-order chi connectivity index (χ1) is 9.60. The first-order valence-corrected chi connectivity index (χ1v) is 6.25. The molecule has 1 aliphatic rings. The number of nitrogens with two attached hydrogens (primary N) is 1. The van der Waals surface area contributed by atoms with E-state index in [0.29, 0.717) is 12.6 Å². The van der Waals surface area contributed by atoms with E-state index in [1.165, 1.54) is 6.07 Å². The summed E-state index contributed by atoms with van der Waals surface area (Å²) in [5.74, 6) is -1.33.